The molecule has 2 aliphatic rings. The Hall–Kier alpha value is -4.27. The number of fused-ring (bicyclic) bond motifs is 1. The molecule has 2 aliphatic heterocycles. The lowest BCUT2D eigenvalue weighted by Crippen LogP contribution is -2.31. The summed E-state index contributed by atoms with van der Waals surface area (Å²) in [6.45, 7) is 4.16. The second-order valence-electron chi connectivity index (χ2n) is 8.51. The zero-order chi connectivity index (χ0) is 25.1. The van der Waals surface area contributed by atoms with Crippen molar-refractivity contribution in [1.82, 2.24) is 14.5 Å². The van der Waals surface area contributed by atoms with Crippen molar-refractivity contribution in [1.29, 1.82) is 0 Å². The lowest BCUT2D eigenvalue weighted by atomic mass is 9.95. The number of ether oxygens (including phenoxy) is 3. The van der Waals surface area contributed by atoms with Gasteiger partial charge in [-0.25, -0.2) is 4.98 Å². The first kappa shape index (κ1) is 23.5. The number of hydrogen-bond donors (Lipinski definition) is 1. The minimum absolute atomic E-state index is 0.0351. The lowest BCUT2D eigenvalue weighted by Gasteiger charge is -2.26. The number of aliphatic hydroxyl groups excluding tert-OH is 1. The van der Waals surface area contributed by atoms with E-state index in [1.807, 2.05) is 35.9 Å². The van der Waals surface area contributed by atoms with E-state index in [1.165, 1.54) is 4.90 Å². The van der Waals surface area contributed by atoms with Crippen molar-refractivity contribution in [3.05, 3.63) is 77.9 Å². The Bertz CT molecular complexity index is 1300. The third-order valence-corrected chi connectivity index (χ3v) is 6.21. The van der Waals surface area contributed by atoms with Crippen LogP contribution in [0, 0.1) is 0 Å². The van der Waals surface area contributed by atoms with E-state index >= 15 is 0 Å². The fourth-order valence-electron chi connectivity index (χ4n) is 4.59. The minimum Gasteiger partial charge on any atom is -0.507 e. The van der Waals surface area contributed by atoms with Gasteiger partial charge in [-0.3, -0.25) is 9.59 Å². The van der Waals surface area contributed by atoms with E-state index in [4.69, 9.17) is 14.2 Å². The van der Waals surface area contributed by atoms with Gasteiger partial charge in [0.2, 0.25) is 0 Å². The topological polar surface area (TPSA) is 103 Å². The first-order valence-corrected chi connectivity index (χ1v) is 11.9. The van der Waals surface area contributed by atoms with Gasteiger partial charge in [0.25, 0.3) is 11.7 Å². The first-order chi connectivity index (χ1) is 17.6. The zero-order valence-electron chi connectivity index (χ0n) is 19.9. The second-order valence-corrected chi connectivity index (χ2v) is 8.51. The lowest BCUT2D eigenvalue weighted by molar-refractivity contribution is -0.139. The number of aromatic nitrogens is 2. The summed E-state index contributed by atoms with van der Waals surface area (Å²) in [4.78, 5) is 32.1. The molecular formula is C27H27N3O6. The van der Waals surface area contributed by atoms with E-state index in [2.05, 4.69) is 4.98 Å². The number of imidazole rings is 1. The van der Waals surface area contributed by atoms with Gasteiger partial charge < -0.3 is 28.8 Å². The van der Waals surface area contributed by atoms with E-state index in [0.29, 0.717) is 67.7 Å². The highest BCUT2D eigenvalue weighted by molar-refractivity contribution is 6.46. The molecule has 2 aromatic carbocycles. The SMILES string of the molecule is CCOc1cccc([C@@H]2/C(=C(\O)c3ccc4c(c3)OCCO4)C(=O)C(=O)N2CCCn2ccnc2)c1. The van der Waals surface area contributed by atoms with Crippen LogP contribution in [-0.4, -0.2) is 57.6 Å². The van der Waals surface area contributed by atoms with Gasteiger partial charge in [-0.1, -0.05) is 12.1 Å². The number of rotatable bonds is 8. The zero-order valence-corrected chi connectivity index (χ0v) is 19.9. The predicted molar refractivity (Wildman–Crippen MR) is 131 cm³/mol. The normalized spacial score (nSPS) is 18.5. The summed E-state index contributed by atoms with van der Waals surface area (Å²) in [7, 11) is 0. The number of aryl methyl sites for hydroxylation is 1. The molecule has 0 radical (unpaired) electrons. The molecule has 1 N–H and O–H groups in total. The van der Waals surface area contributed by atoms with Crippen molar-refractivity contribution in [3.63, 3.8) is 0 Å². The third-order valence-electron chi connectivity index (χ3n) is 6.21. The van der Waals surface area contributed by atoms with E-state index in [1.54, 1.807) is 36.8 Å². The van der Waals surface area contributed by atoms with Gasteiger partial charge in [0.15, 0.2) is 11.5 Å². The summed E-state index contributed by atoms with van der Waals surface area (Å²) in [5.74, 6) is 0.0458. The van der Waals surface area contributed by atoms with Crippen molar-refractivity contribution < 1.29 is 28.9 Å². The monoisotopic (exact) mass is 489 g/mol. The molecular weight excluding hydrogens is 462 g/mol. The summed E-state index contributed by atoms with van der Waals surface area (Å²) in [6.07, 6.45) is 5.85. The molecule has 3 heterocycles. The van der Waals surface area contributed by atoms with Crippen molar-refractivity contribution in [2.75, 3.05) is 26.4 Å². The summed E-state index contributed by atoms with van der Waals surface area (Å²) in [6, 6.07) is 11.5. The van der Waals surface area contributed by atoms with Crippen LogP contribution in [0.3, 0.4) is 0 Å². The number of benzene rings is 2. The number of likely N-dealkylation sites (tertiary alicyclic amines) is 1. The molecule has 1 aromatic heterocycles. The summed E-state index contributed by atoms with van der Waals surface area (Å²) in [5, 5.41) is 11.3. The van der Waals surface area contributed by atoms with Crippen LogP contribution in [0.25, 0.3) is 5.76 Å². The number of carbonyl (C=O) groups excluding carboxylic acids is 2. The molecule has 5 rings (SSSR count). The van der Waals surface area contributed by atoms with Gasteiger partial charge in [-0.15, -0.1) is 0 Å². The Kier molecular flexibility index (Phi) is 6.62. The number of aliphatic hydroxyl groups is 1. The Balaban J connectivity index is 1.54. The molecule has 9 heteroatoms. The van der Waals surface area contributed by atoms with Crippen molar-refractivity contribution in [2.24, 2.45) is 0 Å². The number of nitrogens with zero attached hydrogens (tertiary/aromatic N) is 3. The fraction of sp³-hybridized carbons (Fsp3) is 0.296. The smallest absolute Gasteiger partial charge is 0.295 e. The average Bonchev–Trinajstić information content (AvgIpc) is 3.51. The van der Waals surface area contributed by atoms with Crippen LogP contribution in [0.5, 0.6) is 17.2 Å². The molecule has 186 valence electrons. The van der Waals surface area contributed by atoms with Gasteiger partial charge in [0.1, 0.15) is 24.7 Å². The Morgan fingerprint density at radius 2 is 1.94 bits per heavy atom. The quantitative estimate of drug-likeness (QED) is 0.293. The van der Waals surface area contributed by atoms with Crippen LogP contribution in [0.4, 0.5) is 0 Å². The summed E-state index contributed by atoms with van der Waals surface area (Å²) >= 11 is 0. The maximum absolute atomic E-state index is 13.3. The standard InChI is InChI=1S/C27H27N3O6/c1-2-34-20-6-3-5-18(15-20)24-23(25(31)19-7-8-21-22(16-19)36-14-13-35-21)26(32)27(33)30(24)11-4-10-29-12-9-28-17-29/h3,5-9,12,15-17,24,31H,2,4,10-11,13-14H2,1H3/b25-23+/t24-/m1/s1. The predicted octanol–water partition coefficient (Wildman–Crippen LogP) is 3.57. The molecule has 0 bridgehead atoms. The molecule has 36 heavy (non-hydrogen) atoms. The first-order valence-electron chi connectivity index (χ1n) is 11.9. The Morgan fingerprint density at radius 3 is 2.72 bits per heavy atom. The highest BCUT2D eigenvalue weighted by Gasteiger charge is 2.46. The Morgan fingerprint density at radius 1 is 1.11 bits per heavy atom. The van der Waals surface area contributed by atoms with Crippen LogP contribution < -0.4 is 14.2 Å². The van der Waals surface area contributed by atoms with E-state index in [0.717, 1.165) is 0 Å². The van der Waals surface area contributed by atoms with E-state index < -0.39 is 17.7 Å². The van der Waals surface area contributed by atoms with Gasteiger partial charge in [0.05, 0.1) is 24.5 Å². The van der Waals surface area contributed by atoms with E-state index in [9.17, 15) is 14.7 Å². The van der Waals surface area contributed by atoms with Crippen LogP contribution in [0.15, 0.2) is 66.8 Å². The molecule has 9 nitrogen and oxygen atoms in total. The Labute approximate surface area is 208 Å². The molecule has 1 atom stereocenters. The van der Waals surface area contributed by atoms with Crippen molar-refractivity contribution in [2.45, 2.75) is 25.9 Å². The number of carbonyl (C=O) groups is 2. The largest absolute Gasteiger partial charge is 0.507 e. The highest BCUT2D eigenvalue weighted by atomic mass is 16.6. The third kappa shape index (κ3) is 4.51. The minimum atomic E-state index is -0.763. The number of ketones is 1. The number of amides is 1. The van der Waals surface area contributed by atoms with Crippen LogP contribution >= 0.6 is 0 Å². The number of Topliss-reactive ketones (excluding diaryl/α,β-unsaturated/α-hetero) is 1. The molecule has 1 fully saturated rings. The van der Waals surface area contributed by atoms with Gasteiger partial charge in [-0.05, 0) is 49.2 Å². The maximum atomic E-state index is 13.3. The average molecular weight is 490 g/mol. The second kappa shape index (κ2) is 10.2. The molecule has 0 spiro atoms. The highest BCUT2D eigenvalue weighted by Crippen LogP contribution is 2.41. The fourth-order valence-corrected chi connectivity index (χ4v) is 4.59. The molecule has 1 saturated heterocycles. The van der Waals surface area contributed by atoms with Crippen LogP contribution in [0.1, 0.15) is 30.5 Å². The van der Waals surface area contributed by atoms with Gasteiger partial charge in [-0.2, -0.15) is 0 Å². The van der Waals surface area contributed by atoms with Crippen molar-refractivity contribution in [3.8, 4) is 17.2 Å². The van der Waals surface area contributed by atoms with Gasteiger partial charge >= 0.3 is 0 Å². The summed E-state index contributed by atoms with van der Waals surface area (Å²) < 4.78 is 18.8. The van der Waals surface area contributed by atoms with Crippen molar-refractivity contribution >= 4 is 17.4 Å². The number of hydrogen-bond acceptors (Lipinski definition) is 7. The molecule has 0 aliphatic carbocycles. The molecule has 0 saturated carbocycles. The van der Waals surface area contributed by atoms with Gasteiger partial charge in [0, 0.05) is 31.0 Å². The van der Waals surface area contributed by atoms with Crippen LogP contribution in [-0.2, 0) is 16.1 Å². The molecule has 1 amide bonds. The molecule has 0 unspecified atom stereocenters. The van der Waals surface area contributed by atoms with E-state index in [-0.39, 0.29) is 11.3 Å². The molecule has 3 aromatic rings. The van der Waals surface area contributed by atoms with Crippen LogP contribution in [0.2, 0.25) is 0 Å². The maximum Gasteiger partial charge on any atom is 0.295 e. The summed E-state index contributed by atoms with van der Waals surface area (Å²) in [5.41, 5.74) is 1.09.